The minimum absolute atomic E-state index is 0.621. The van der Waals surface area contributed by atoms with Crippen LogP contribution in [0.3, 0.4) is 0 Å². The minimum Gasteiger partial charge on any atom is -0.227 e. The second-order valence-electron chi connectivity index (χ2n) is 14.3. The molecule has 0 N–H and O–H groups in total. The lowest BCUT2D eigenvalue weighted by molar-refractivity contribution is 0.911. The van der Waals surface area contributed by atoms with Crippen molar-refractivity contribution in [3.63, 3.8) is 0 Å². The highest BCUT2D eigenvalue weighted by molar-refractivity contribution is 6.09. The molecule has 2 aliphatic carbocycles. The van der Waals surface area contributed by atoms with Crippen molar-refractivity contribution in [2.24, 2.45) is 11.8 Å². The minimum atomic E-state index is 0.621. The number of allylic oxidation sites excluding steroid dienone is 9. The number of nitrogens with zero attached hydrogens (tertiary/aromatic N) is 2. The van der Waals surface area contributed by atoms with E-state index in [-0.39, 0.29) is 0 Å². The molecule has 254 valence electrons. The highest BCUT2D eigenvalue weighted by Crippen LogP contribution is 2.48. The second-order valence-corrected chi connectivity index (χ2v) is 14.3. The lowest BCUT2D eigenvalue weighted by Gasteiger charge is -2.14. The molecule has 2 heteroatoms. The van der Waals surface area contributed by atoms with Gasteiger partial charge in [0.25, 0.3) is 0 Å². The molecule has 1 heterocycles. The van der Waals surface area contributed by atoms with Crippen LogP contribution in [-0.2, 0) is 0 Å². The molecule has 0 bridgehead atoms. The van der Waals surface area contributed by atoms with Crippen molar-refractivity contribution >= 4 is 32.8 Å². The Bertz CT molecular complexity index is 2640. The van der Waals surface area contributed by atoms with Gasteiger partial charge in [0.05, 0.1) is 11.2 Å². The van der Waals surface area contributed by atoms with Crippen molar-refractivity contribution in [3.05, 3.63) is 194 Å². The van der Waals surface area contributed by atoms with Gasteiger partial charge in [-0.1, -0.05) is 159 Å². The summed E-state index contributed by atoms with van der Waals surface area (Å²) in [7, 11) is 0. The maximum Gasteiger partial charge on any atom is 0.160 e. The Morgan fingerprint density at radius 1 is 0.642 bits per heavy atom. The average molecular weight is 681 g/mol. The molecule has 6 aromatic carbocycles. The largest absolute Gasteiger partial charge is 0.227 e. The maximum atomic E-state index is 5.34. The summed E-state index contributed by atoms with van der Waals surface area (Å²) >= 11 is 0. The highest BCUT2D eigenvalue weighted by atomic mass is 14.9. The van der Waals surface area contributed by atoms with Crippen LogP contribution in [0.4, 0.5) is 0 Å². The molecule has 9 rings (SSSR count). The molecular formula is C51H40N2. The van der Waals surface area contributed by atoms with Crippen LogP contribution >= 0.6 is 0 Å². The van der Waals surface area contributed by atoms with E-state index in [0.29, 0.717) is 11.7 Å². The van der Waals surface area contributed by atoms with Gasteiger partial charge in [-0.2, -0.15) is 0 Å². The zero-order chi connectivity index (χ0) is 35.7. The van der Waals surface area contributed by atoms with Crippen LogP contribution in [0.5, 0.6) is 0 Å². The Kier molecular flexibility index (Phi) is 8.57. The number of hydrogen-bond donors (Lipinski definition) is 0. The number of fused-ring (bicyclic) bond motifs is 3. The van der Waals surface area contributed by atoms with E-state index < -0.39 is 0 Å². The van der Waals surface area contributed by atoms with Gasteiger partial charge in [-0.3, -0.25) is 0 Å². The van der Waals surface area contributed by atoms with Crippen molar-refractivity contribution in [2.45, 2.75) is 19.8 Å². The van der Waals surface area contributed by atoms with E-state index in [0.717, 1.165) is 62.1 Å². The van der Waals surface area contributed by atoms with Crippen LogP contribution in [-0.4, -0.2) is 9.97 Å². The standard InChI is InChI=1S/C51H40N2/c1-3-14-45(48-29-34(48)2)41-21-13-20-40(30-41)36-23-25-37(26-24-36)43-31-42(35-15-7-4-5-8-16-35)32-44(33-43)51-52-49(39-18-9-6-10-19-39)47-28-27-38-17-11-12-22-46(38)50(47)53-51/h3-7,9-28,30-34,48H,1,8,29H2,2H3/b45-14-/t34?,48-/m0/s1. The number of hydrogen-bond acceptors (Lipinski definition) is 2. The predicted octanol–water partition coefficient (Wildman–Crippen LogP) is 13.6. The molecule has 1 saturated carbocycles. The van der Waals surface area contributed by atoms with Crippen LogP contribution < -0.4 is 0 Å². The zero-order valence-corrected chi connectivity index (χ0v) is 29.9. The summed E-state index contributed by atoms with van der Waals surface area (Å²) in [6.45, 7) is 6.33. The second kappa shape index (κ2) is 14.0. The molecule has 1 aromatic heterocycles. The fourth-order valence-corrected chi connectivity index (χ4v) is 7.74. The molecule has 2 aliphatic rings. The summed E-state index contributed by atoms with van der Waals surface area (Å²) in [5, 5.41) is 3.34. The topological polar surface area (TPSA) is 25.8 Å². The first-order chi connectivity index (χ1) is 26.1. The Hall–Kier alpha value is -6.38. The lowest BCUT2D eigenvalue weighted by Crippen LogP contribution is -1.97. The van der Waals surface area contributed by atoms with Crippen molar-refractivity contribution in [2.75, 3.05) is 0 Å². The van der Waals surface area contributed by atoms with E-state index in [1.807, 2.05) is 6.08 Å². The molecule has 53 heavy (non-hydrogen) atoms. The van der Waals surface area contributed by atoms with Crippen molar-refractivity contribution in [1.29, 1.82) is 0 Å². The molecule has 1 fully saturated rings. The first-order valence-electron chi connectivity index (χ1n) is 18.6. The first kappa shape index (κ1) is 32.5. The van der Waals surface area contributed by atoms with Gasteiger partial charge in [0.2, 0.25) is 0 Å². The Balaban J connectivity index is 1.17. The third-order valence-corrected chi connectivity index (χ3v) is 10.7. The van der Waals surface area contributed by atoms with E-state index >= 15 is 0 Å². The quantitative estimate of drug-likeness (QED) is 0.118. The molecule has 0 spiro atoms. The van der Waals surface area contributed by atoms with Crippen LogP contribution in [0.15, 0.2) is 183 Å². The van der Waals surface area contributed by atoms with Gasteiger partial charge in [0, 0.05) is 21.9 Å². The molecule has 0 amide bonds. The lowest BCUT2D eigenvalue weighted by atomic mass is 9.93. The highest BCUT2D eigenvalue weighted by Gasteiger charge is 2.36. The monoisotopic (exact) mass is 680 g/mol. The van der Waals surface area contributed by atoms with Crippen molar-refractivity contribution in [3.8, 4) is 44.9 Å². The molecule has 1 unspecified atom stereocenters. The summed E-state index contributed by atoms with van der Waals surface area (Å²) in [6, 6.07) is 48.1. The fraction of sp³-hybridized carbons (Fsp3) is 0.0980. The SMILES string of the molecule is C=C/C=C(/c1cccc(-c2ccc(-c3cc(C4=CCC=CC=C4)cc(-c4nc(-c5ccccc5)c5ccc6ccccc6c5n4)c3)cc2)c1)[C@H]1CC1C. The van der Waals surface area contributed by atoms with Crippen LogP contribution in [0, 0.1) is 11.8 Å². The third-order valence-electron chi connectivity index (χ3n) is 10.7. The smallest absolute Gasteiger partial charge is 0.160 e. The van der Waals surface area contributed by atoms with E-state index in [4.69, 9.17) is 9.97 Å². The molecule has 2 nitrogen and oxygen atoms in total. The molecule has 0 saturated heterocycles. The number of benzene rings is 6. The number of aromatic nitrogens is 2. The Labute approximate surface area is 311 Å². The van der Waals surface area contributed by atoms with Gasteiger partial charge in [0.15, 0.2) is 5.82 Å². The summed E-state index contributed by atoms with van der Waals surface area (Å²) < 4.78 is 0. The van der Waals surface area contributed by atoms with Gasteiger partial charge < -0.3 is 0 Å². The predicted molar refractivity (Wildman–Crippen MR) is 225 cm³/mol. The van der Waals surface area contributed by atoms with Crippen LogP contribution in [0.1, 0.15) is 30.9 Å². The zero-order valence-electron chi connectivity index (χ0n) is 29.9. The molecular weight excluding hydrogens is 641 g/mol. The van der Waals surface area contributed by atoms with Gasteiger partial charge in [-0.15, -0.1) is 0 Å². The molecule has 2 atom stereocenters. The maximum absolute atomic E-state index is 5.34. The summed E-state index contributed by atoms with van der Waals surface area (Å²) in [5.74, 6) is 2.07. The Morgan fingerprint density at radius 3 is 2.19 bits per heavy atom. The molecule has 0 radical (unpaired) electrons. The average Bonchev–Trinajstić information content (AvgIpc) is 4.01. The Morgan fingerprint density at radius 2 is 1.38 bits per heavy atom. The van der Waals surface area contributed by atoms with Gasteiger partial charge in [0.1, 0.15) is 0 Å². The van der Waals surface area contributed by atoms with E-state index in [9.17, 15) is 0 Å². The van der Waals surface area contributed by atoms with Gasteiger partial charge >= 0.3 is 0 Å². The van der Waals surface area contributed by atoms with Crippen LogP contribution in [0.25, 0.3) is 77.7 Å². The van der Waals surface area contributed by atoms with Gasteiger partial charge in [-0.25, -0.2) is 9.97 Å². The third kappa shape index (κ3) is 6.49. The normalized spacial score (nSPS) is 16.8. The summed E-state index contributed by atoms with van der Waals surface area (Å²) in [4.78, 5) is 10.7. The van der Waals surface area contributed by atoms with E-state index in [2.05, 4.69) is 183 Å². The molecule has 0 aliphatic heterocycles. The van der Waals surface area contributed by atoms with E-state index in [1.54, 1.807) is 0 Å². The number of rotatable bonds is 8. The fourth-order valence-electron chi connectivity index (χ4n) is 7.74. The van der Waals surface area contributed by atoms with Gasteiger partial charge in [-0.05, 0) is 105 Å². The van der Waals surface area contributed by atoms with E-state index in [1.165, 1.54) is 39.6 Å². The summed E-state index contributed by atoms with van der Waals surface area (Å²) in [5.41, 5.74) is 13.7. The van der Waals surface area contributed by atoms with Crippen LogP contribution in [0.2, 0.25) is 0 Å². The van der Waals surface area contributed by atoms with Crippen molar-refractivity contribution in [1.82, 2.24) is 9.97 Å². The van der Waals surface area contributed by atoms with Crippen molar-refractivity contribution < 1.29 is 0 Å². The molecule has 7 aromatic rings. The summed E-state index contributed by atoms with van der Waals surface area (Å²) in [6.07, 6.45) is 17.2. The first-order valence-corrected chi connectivity index (χ1v) is 18.6.